The molecule has 1 atom stereocenters. The van der Waals surface area contributed by atoms with Crippen molar-refractivity contribution < 1.29 is 15.0 Å². The molecule has 24 heavy (non-hydrogen) atoms. The van der Waals surface area contributed by atoms with E-state index in [0.717, 1.165) is 10.2 Å². The predicted octanol–water partition coefficient (Wildman–Crippen LogP) is 3.20. The number of carbonyl (C=O) groups excluding carboxylic acids is 1. The maximum absolute atomic E-state index is 12.9. The number of rotatable bonds is 5. The average Bonchev–Trinajstić information content (AvgIpc) is 3.07. The number of aromatic hydroxyl groups is 1. The maximum atomic E-state index is 12.9. The number of aromatic nitrogens is 1. The number of aliphatic hydroxyl groups is 1. The highest BCUT2D eigenvalue weighted by molar-refractivity contribution is 7.17. The summed E-state index contributed by atoms with van der Waals surface area (Å²) in [4.78, 5) is 18.7. The minimum Gasteiger partial charge on any atom is -0.508 e. The monoisotopic (exact) mass is 342 g/mol. The van der Waals surface area contributed by atoms with E-state index in [1.54, 1.807) is 34.7 Å². The zero-order valence-corrected chi connectivity index (χ0v) is 14.0. The first-order chi connectivity index (χ1) is 11.6. The van der Waals surface area contributed by atoms with Gasteiger partial charge in [-0.25, -0.2) is 4.98 Å². The Morgan fingerprint density at radius 3 is 2.83 bits per heavy atom. The quantitative estimate of drug-likeness (QED) is 0.747. The lowest BCUT2D eigenvalue weighted by Crippen LogP contribution is -2.34. The number of benzene rings is 2. The highest BCUT2D eigenvalue weighted by atomic mass is 32.1. The molecule has 0 aliphatic carbocycles. The van der Waals surface area contributed by atoms with Crippen molar-refractivity contribution in [3.63, 3.8) is 0 Å². The van der Waals surface area contributed by atoms with E-state index < -0.39 is 6.10 Å². The maximum Gasteiger partial charge on any atom is 0.255 e. The lowest BCUT2D eigenvalue weighted by Gasteiger charge is -2.24. The Labute approximate surface area is 143 Å². The normalized spacial score (nSPS) is 12.2. The Balaban J connectivity index is 1.83. The van der Waals surface area contributed by atoms with E-state index in [4.69, 9.17) is 0 Å². The van der Waals surface area contributed by atoms with Crippen LogP contribution in [-0.4, -0.2) is 39.1 Å². The number of hydrogen-bond donors (Lipinski definition) is 2. The molecule has 1 unspecified atom stereocenters. The third-order valence-corrected chi connectivity index (χ3v) is 4.78. The molecule has 124 valence electrons. The molecule has 0 saturated carbocycles. The van der Waals surface area contributed by atoms with Crippen LogP contribution in [0.25, 0.3) is 10.2 Å². The molecule has 0 aliphatic heterocycles. The standard InChI is InChI=1S/C18H18N2O3S/c1-2-20(10-16(22)12-5-3-6-13(21)9-12)18(23)14-7-4-8-15-17(14)24-11-19-15/h3-9,11,16,21-22H,2,10H2,1H3. The van der Waals surface area contributed by atoms with E-state index >= 15 is 0 Å². The first-order valence-corrected chi connectivity index (χ1v) is 8.56. The predicted molar refractivity (Wildman–Crippen MR) is 94.3 cm³/mol. The van der Waals surface area contributed by atoms with Crippen LogP contribution in [0, 0.1) is 0 Å². The molecular weight excluding hydrogens is 324 g/mol. The number of aliphatic hydroxyl groups excluding tert-OH is 1. The van der Waals surface area contributed by atoms with Gasteiger partial charge in [0.2, 0.25) is 0 Å². The number of hydrogen-bond acceptors (Lipinski definition) is 5. The van der Waals surface area contributed by atoms with Crippen molar-refractivity contribution in [3.8, 4) is 5.75 Å². The lowest BCUT2D eigenvalue weighted by atomic mass is 10.1. The second kappa shape index (κ2) is 6.98. The van der Waals surface area contributed by atoms with E-state index in [-0.39, 0.29) is 18.2 Å². The molecule has 5 nitrogen and oxygen atoms in total. The average molecular weight is 342 g/mol. The van der Waals surface area contributed by atoms with Gasteiger partial charge in [0.15, 0.2) is 0 Å². The van der Waals surface area contributed by atoms with Crippen LogP contribution in [0.3, 0.4) is 0 Å². The van der Waals surface area contributed by atoms with Crippen molar-refractivity contribution in [3.05, 3.63) is 59.1 Å². The molecule has 1 aromatic heterocycles. The first kappa shape index (κ1) is 16.4. The topological polar surface area (TPSA) is 73.7 Å². The number of phenols is 1. The lowest BCUT2D eigenvalue weighted by molar-refractivity contribution is 0.0637. The third kappa shape index (κ3) is 3.25. The smallest absolute Gasteiger partial charge is 0.255 e. The number of carbonyl (C=O) groups is 1. The number of nitrogens with zero attached hydrogens (tertiary/aromatic N) is 2. The second-order valence-electron chi connectivity index (χ2n) is 5.46. The van der Waals surface area contributed by atoms with Gasteiger partial charge in [-0.3, -0.25) is 4.79 Å². The van der Waals surface area contributed by atoms with Crippen molar-refractivity contribution >= 4 is 27.5 Å². The highest BCUT2D eigenvalue weighted by Gasteiger charge is 2.21. The van der Waals surface area contributed by atoms with Crippen LogP contribution in [0.15, 0.2) is 48.0 Å². The van der Waals surface area contributed by atoms with Gasteiger partial charge in [-0.1, -0.05) is 18.2 Å². The second-order valence-corrected chi connectivity index (χ2v) is 6.32. The molecule has 1 heterocycles. The zero-order valence-electron chi connectivity index (χ0n) is 13.2. The minimum absolute atomic E-state index is 0.0929. The Kier molecular flexibility index (Phi) is 4.78. The molecule has 0 saturated heterocycles. The molecule has 2 aromatic carbocycles. The van der Waals surface area contributed by atoms with Gasteiger partial charge in [0.25, 0.3) is 5.91 Å². The minimum atomic E-state index is -0.860. The van der Waals surface area contributed by atoms with E-state index in [9.17, 15) is 15.0 Å². The Bertz CT molecular complexity index is 862. The van der Waals surface area contributed by atoms with Gasteiger partial charge in [0.1, 0.15) is 5.75 Å². The number of fused-ring (bicyclic) bond motifs is 1. The molecule has 0 bridgehead atoms. The number of amides is 1. The summed E-state index contributed by atoms with van der Waals surface area (Å²) >= 11 is 1.43. The largest absolute Gasteiger partial charge is 0.508 e. The highest BCUT2D eigenvalue weighted by Crippen LogP contribution is 2.25. The molecule has 2 N–H and O–H groups in total. The Hall–Kier alpha value is -2.44. The van der Waals surface area contributed by atoms with E-state index in [1.807, 2.05) is 19.1 Å². The van der Waals surface area contributed by atoms with Gasteiger partial charge < -0.3 is 15.1 Å². The van der Waals surface area contributed by atoms with Gasteiger partial charge in [0, 0.05) is 6.54 Å². The molecule has 3 aromatic rings. The van der Waals surface area contributed by atoms with Crippen LogP contribution >= 0.6 is 11.3 Å². The zero-order chi connectivity index (χ0) is 17.1. The Morgan fingerprint density at radius 1 is 1.29 bits per heavy atom. The van der Waals surface area contributed by atoms with Gasteiger partial charge in [-0.05, 0) is 36.8 Å². The third-order valence-electron chi connectivity index (χ3n) is 3.90. The van der Waals surface area contributed by atoms with Gasteiger partial charge in [0.05, 0.1) is 33.9 Å². The summed E-state index contributed by atoms with van der Waals surface area (Å²) in [5, 5.41) is 19.9. The molecule has 3 rings (SSSR count). The Morgan fingerprint density at radius 2 is 2.08 bits per heavy atom. The summed E-state index contributed by atoms with van der Waals surface area (Å²) in [5.74, 6) is -0.0399. The van der Waals surface area contributed by atoms with Crippen molar-refractivity contribution in [2.75, 3.05) is 13.1 Å². The SMILES string of the molecule is CCN(CC(O)c1cccc(O)c1)C(=O)c1cccc2ncsc12. The molecule has 0 spiro atoms. The van der Waals surface area contributed by atoms with Crippen molar-refractivity contribution in [2.45, 2.75) is 13.0 Å². The van der Waals surface area contributed by atoms with Crippen LogP contribution < -0.4 is 0 Å². The van der Waals surface area contributed by atoms with Crippen LogP contribution in [0.5, 0.6) is 5.75 Å². The molecule has 6 heteroatoms. The van der Waals surface area contributed by atoms with Crippen LogP contribution in [0.2, 0.25) is 0 Å². The molecule has 0 fully saturated rings. The van der Waals surface area contributed by atoms with Crippen LogP contribution in [0.1, 0.15) is 28.9 Å². The summed E-state index contributed by atoms with van der Waals surface area (Å²) in [6.45, 7) is 2.51. The van der Waals surface area contributed by atoms with Gasteiger partial charge in [-0.15, -0.1) is 11.3 Å². The fourth-order valence-corrected chi connectivity index (χ4v) is 3.42. The van der Waals surface area contributed by atoms with Gasteiger partial charge >= 0.3 is 0 Å². The van der Waals surface area contributed by atoms with E-state index in [1.165, 1.54) is 17.4 Å². The fourth-order valence-electron chi connectivity index (χ4n) is 2.63. The number of phenolic OH excluding ortho intramolecular Hbond substituents is 1. The van der Waals surface area contributed by atoms with E-state index in [0.29, 0.717) is 17.7 Å². The number of likely N-dealkylation sites (N-methyl/N-ethyl adjacent to an activating group) is 1. The van der Waals surface area contributed by atoms with Crippen molar-refractivity contribution in [2.24, 2.45) is 0 Å². The molecule has 0 aliphatic rings. The van der Waals surface area contributed by atoms with Crippen molar-refractivity contribution in [1.29, 1.82) is 0 Å². The van der Waals surface area contributed by atoms with E-state index in [2.05, 4.69) is 4.98 Å². The number of thiazole rings is 1. The summed E-state index contributed by atoms with van der Waals surface area (Å²) in [6.07, 6.45) is -0.860. The summed E-state index contributed by atoms with van der Waals surface area (Å²) in [5.41, 5.74) is 3.70. The molecule has 0 radical (unpaired) electrons. The molecule has 1 amide bonds. The summed E-state index contributed by atoms with van der Waals surface area (Å²) in [7, 11) is 0. The molecular formula is C18H18N2O3S. The first-order valence-electron chi connectivity index (χ1n) is 7.68. The van der Waals surface area contributed by atoms with Crippen LogP contribution in [-0.2, 0) is 0 Å². The van der Waals surface area contributed by atoms with Crippen LogP contribution in [0.4, 0.5) is 0 Å². The summed E-state index contributed by atoms with van der Waals surface area (Å²) < 4.78 is 0.854. The van der Waals surface area contributed by atoms with Crippen molar-refractivity contribution in [1.82, 2.24) is 9.88 Å². The van der Waals surface area contributed by atoms with Gasteiger partial charge in [-0.2, -0.15) is 0 Å². The fraction of sp³-hybridized carbons (Fsp3) is 0.222. The summed E-state index contributed by atoms with van der Waals surface area (Å²) in [6, 6.07) is 11.9.